The number of benzene rings is 2. The van der Waals surface area contributed by atoms with Crippen molar-refractivity contribution in [3.8, 4) is 23.1 Å². The first-order valence-corrected chi connectivity index (χ1v) is 12.0. The molecule has 0 atom stereocenters. The van der Waals surface area contributed by atoms with Gasteiger partial charge in [0.1, 0.15) is 0 Å². The fourth-order valence-electron chi connectivity index (χ4n) is 4.05. The Hall–Kier alpha value is -3.46. The molecule has 1 aliphatic rings. The highest BCUT2D eigenvalue weighted by Crippen LogP contribution is 2.29. The molecule has 8 nitrogen and oxygen atoms in total. The van der Waals surface area contributed by atoms with Gasteiger partial charge in [0.25, 0.3) is 5.89 Å². The molecule has 0 fully saturated rings. The van der Waals surface area contributed by atoms with Gasteiger partial charge in [0, 0.05) is 24.3 Å². The molecule has 33 heavy (non-hydrogen) atoms. The quantitative estimate of drug-likeness (QED) is 0.394. The van der Waals surface area contributed by atoms with Crippen LogP contribution in [0.2, 0.25) is 0 Å². The Bertz CT molecular complexity index is 1300. The predicted molar refractivity (Wildman–Crippen MR) is 127 cm³/mol. The molecule has 2 aromatic heterocycles. The van der Waals surface area contributed by atoms with Crippen molar-refractivity contribution < 1.29 is 9.32 Å². The molecule has 0 N–H and O–H groups in total. The molecule has 0 radical (unpaired) electrons. The maximum Gasteiger partial charge on any atom is 0.296 e. The summed E-state index contributed by atoms with van der Waals surface area (Å²) in [5, 5.41) is 13.3. The first kappa shape index (κ1) is 21.4. The van der Waals surface area contributed by atoms with Crippen LogP contribution in [0.5, 0.6) is 0 Å². The molecule has 0 bridgehead atoms. The monoisotopic (exact) mass is 460 g/mol. The van der Waals surface area contributed by atoms with Crippen molar-refractivity contribution in [2.45, 2.75) is 38.4 Å². The number of aryl methyl sites for hydroxylation is 2. The van der Waals surface area contributed by atoms with Gasteiger partial charge in [-0.2, -0.15) is 4.98 Å². The highest BCUT2D eigenvalue weighted by Gasteiger charge is 2.24. The van der Waals surface area contributed by atoms with Crippen LogP contribution in [0.4, 0.5) is 5.69 Å². The number of anilines is 1. The largest absolute Gasteiger partial charge is 0.330 e. The summed E-state index contributed by atoms with van der Waals surface area (Å²) in [6, 6.07) is 16.0. The molecule has 1 aliphatic heterocycles. The minimum atomic E-state index is 0.0684. The summed E-state index contributed by atoms with van der Waals surface area (Å²) in [5.41, 5.74) is 4.24. The summed E-state index contributed by atoms with van der Waals surface area (Å²) >= 11 is 1.38. The number of carbonyl (C=O) groups excluding carboxylic acids is 1. The van der Waals surface area contributed by atoms with Crippen LogP contribution in [0.1, 0.15) is 24.5 Å². The van der Waals surface area contributed by atoms with E-state index in [0.29, 0.717) is 29.2 Å². The lowest BCUT2D eigenvalue weighted by Crippen LogP contribution is -2.36. The summed E-state index contributed by atoms with van der Waals surface area (Å²) in [5.74, 6) is 1.67. The second kappa shape index (κ2) is 9.19. The number of rotatable bonds is 6. The first-order valence-electron chi connectivity index (χ1n) is 11.0. The molecule has 0 saturated heterocycles. The van der Waals surface area contributed by atoms with Gasteiger partial charge < -0.3 is 9.42 Å². The maximum atomic E-state index is 13.0. The minimum absolute atomic E-state index is 0.0684. The fraction of sp³-hybridized carbons (Fsp3) is 0.292. The first-order chi connectivity index (χ1) is 16.1. The molecule has 5 rings (SSSR count). The Morgan fingerprint density at radius 2 is 2.03 bits per heavy atom. The second-order valence-electron chi connectivity index (χ2n) is 7.91. The minimum Gasteiger partial charge on any atom is -0.330 e. The van der Waals surface area contributed by atoms with Crippen molar-refractivity contribution in [3.63, 3.8) is 0 Å². The van der Waals surface area contributed by atoms with E-state index in [1.807, 2.05) is 65.8 Å². The third-order valence-corrected chi connectivity index (χ3v) is 6.61. The Balaban J connectivity index is 1.33. The summed E-state index contributed by atoms with van der Waals surface area (Å²) in [6.07, 6.45) is 1.98. The standard InChI is InChI=1S/C24H24N6O2S/c1-3-29-22(23-25-21(28-32-23)18-10-6-8-16(2)14-18)26-27-24(29)33-15-20(31)30-13-7-11-17-9-4-5-12-19(17)30/h4-6,8-10,12,14H,3,7,11,13,15H2,1-2H3. The summed E-state index contributed by atoms with van der Waals surface area (Å²) < 4.78 is 7.39. The van der Waals surface area contributed by atoms with E-state index < -0.39 is 0 Å². The normalized spacial score (nSPS) is 13.2. The van der Waals surface area contributed by atoms with Crippen LogP contribution in [0.15, 0.2) is 58.2 Å². The van der Waals surface area contributed by atoms with E-state index in [-0.39, 0.29) is 11.7 Å². The number of para-hydroxylation sites is 1. The highest BCUT2D eigenvalue weighted by molar-refractivity contribution is 7.99. The molecule has 3 heterocycles. The molecule has 0 aliphatic carbocycles. The summed E-state index contributed by atoms with van der Waals surface area (Å²) in [4.78, 5) is 19.4. The Labute approximate surface area is 196 Å². The van der Waals surface area contributed by atoms with Gasteiger partial charge in [-0.25, -0.2) is 0 Å². The third kappa shape index (κ3) is 4.28. The van der Waals surface area contributed by atoms with Crippen LogP contribution in [-0.2, 0) is 17.8 Å². The van der Waals surface area contributed by atoms with E-state index in [4.69, 9.17) is 4.52 Å². The molecule has 4 aromatic rings. The number of thioether (sulfide) groups is 1. The lowest BCUT2D eigenvalue weighted by molar-refractivity contribution is -0.116. The van der Waals surface area contributed by atoms with Crippen molar-refractivity contribution in [2.24, 2.45) is 0 Å². The Kier molecular flexibility index (Phi) is 5.95. The van der Waals surface area contributed by atoms with Crippen LogP contribution < -0.4 is 4.90 Å². The smallest absolute Gasteiger partial charge is 0.296 e. The molecule has 9 heteroatoms. The highest BCUT2D eigenvalue weighted by atomic mass is 32.2. The molecular weight excluding hydrogens is 436 g/mol. The number of nitrogens with zero attached hydrogens (tertiary/aromatic N) is 6. The van der Waals surface area contributed by atoms with Gasteiger partial charge in [0.15, 0.2) is 5.16 Å². The van der Waals surface area contributed by atoms with E-state index in [2.05, 4.69) is 26.4 Å². The number of aromatic nitrogens is 5. The van der Waals surface area contributed by atoms with Gasteiger partial charge >= 0.3 is 0 Å². The van der Waals surface area contributed by atoms with Crippen LogP contribution in [0.25, 0.3) is 23.1 Å². The summed E-state index contributed by atoms with van der Waals surface area (Å²) in [7, 11) is 0. The van der Waals surface area contributed by atoms with Crippen LogP contribution in [0.3, 0.4) is 0 Å². The fourth-order valence-corrected chi connectivity index (χ4v) is 4.93. The Morgan fingerprint density at radius 1 is 1.15 bits per heavy atom. The van der Waals surface area contributed by atoms with Gasteiger partial charge in [0.05, 0.1) is 5.75 Å². The van der Waals surface area contributed by atoms with Crippen LogP contribution >= 0.6 is 11.8 Å². The molecule has 168 valence electrons. The molecule has 1 amide bonds. The molecular formula is C24H24N6O2S. The third-order valence-electron chi connectivity index (χ3n) is 5.66. The number of fused-ring (bicyclic) bond motifs is 1. The zero-order valence-corrected chi connectivity index (χ0v) is 19.4. The number of amides is 1. The van der Waals surface area contributed by atoms with E-state index in [0.717, 1.165) is 36.2 Å². The van der Waals surface area contributed by atoms with E-state index in [1.165, 1.54) is 17.3 Å². The van der Waals surface area contributed by atoms with Gasteiger partial charge in [-0.15, -0.1) is 10.2 Å². The average Bonchev–Trinajstić information content (AvgIpc) is 3.49. The molecule has 0 saturated carbocycles. The van der Waals surface area contributed by atoms with Crippen LogP contribution in [-0.4, -0.2) is 43.1 Å². The summed E-state index contributed by atoms with van der Waals surface area (Å²) in [6.45, 7) is 5.38. The van der Waals surface area contributed by atoms with Gasteiger partial charge in [-0.1, -0.05) is 58.9 Å². The Morgan fingerprint density at radius 3 is 2.88 bits per heavy atom. The number of hydrogen-bond donors (Lipinski definition) is 0. The zero-order chi connectivity index (χ0) is 22.8. The van der Waals surface area contributed by atoms with Crippen molar-refractivity contribution >= 4 is 23.4 Å². The zero-order valence-electron chi connectivity index (χ0n) is 18.6. The van der Waals surface area contributed by atoms with E-state index in [9.17, 15) is 4.79 Å². The number of carbonyl (C=O) groups is 1. The van der Waals surface area contributed by atoms with Gasteiger partial charge in [0.2, 0.25) is 17.6 Å². The second-order valence-corrected chi connectivity index (χ2v) is 8.85. The SMILES string of the molecule is CCn1c(SCC(=O)N2CCCc3ccccc32)nnc1-c1nc(-c2cccc(C)c2)no1. The van der Waals surface area contributed by atoms with Crippen molar-refractivity contribution in [2.75, 3.05) is 17.2 Å². The molecule has 0 spiro atoms. The van der Waals surface area contributed by atoms with Gasteiger partial charge in [-0.3, -0.25) is 9.36 Å². The van der Waals surface area contributed by atoms with Crippen molar-refractivity contribution in [3.05, 3.63) is 59.7 Å². The van der Waals surface area contributed by atoms with Gasteiger partial charge in [-0.05, 0) is 44.4 Å². The average molecular weight is 461 g/mol. The lowest BCUT2D eigenvalue weighted by Gasteiger charge is -2.29. The van der Waals surface area contributed by atoms with E-state index >= 15 is 0 Å². The lowest BCUT2D eigenvalue weighted by atomic mass is 10.0. The van der Waals surface area contributed by atoms with Crippen molar-refractivity contribution in [1.29, 1.82) is 0 Å². The maximum absolute atomic E-state index is 13.0. The van der Waals surface area contributed by atoms with E-state index in [1.54, 1.807) is 0 Å². The predicted octanol–water partition coefficient (Wildman–Crippen LogP) is 4.39. The topological polar surface area (TPSA) is 89.9 Å². The molecule has 0 unspecified atom stereocenters. The number of hydrogen-bond acceptors (Lipinski definition) is 7. The molecule has 2 aromatic carbocycles. The van der Waals surface area contributed by atoms with Crippen molar-refractivity contribution in [1.82, 2.24) is 24.9 Å². The van der Waals surface area contributed by atoms with Crippen LogP contribution in [0, 0.1) is 6.92 Å².